The van der Waals surface area contributed by atoms with Gasteiger partial charge < -0.3 is 10.6 Å². The molecule has 2 N–H and O–H groups in total. The van der Waals surface area contributed by atoms with Gasteiger partial charge in [-0.2, -0.15) is 0 Å². The highest BCUT2D eigenvalue weighted by Crippen LogP contribution is 2.21. The number of carbonyl (C=O) groups excluding carboxylic acids is 2. The van der Waals surface area contributed by atoms with E-state index in [1.54, 1.807) is 24.3 Å². The number of benzene rings is 3. The van der Waals surface area contributed by atoms with E-state index in [0.29, 0.717) is 10.6 Å². The molecule has 1 atom stereocenters. The largest absolute Gasteiger partial charge is 0.345 e. The van der Waals surface area contributed by atoms with Crippen LogP contribution in [-0.4, -0.2) is 11.8 Å². The van der Waals surface area contributed by atoms with Gasteiger partial charge in [0.25, 0.3) is 5.91 Å². The van der Waals surface area contributed by atoms with E-state index in [4.69, 9.17) is 11.6 Å². The molecule has 0 aliphatic carbocycles. The van der Waals surface area contributed by atoms with Gasteiger partial charge in [0.05, 0.1) is 23.0 Å². The third-order valence-corrected chi connectivity index (χ3v) is 4.76. The van der Waals surface area contributed by atoms with Crippen LogP contribution in [0.4, 0.5) is 5.69 Å². The Balaban J connectivity index is 1.78. The first-order chi connectivity index (χ1) is 13.5. The van der Waals surface area contributed by atoms with Crippen LogP contribution in [0.15, 0.2) is 78.9 Å². The molecule has 0 saturated carbocycles. The maximum atomic E-state index is 12.7. The van der Waals surface area contributed by atoms with Crippen LogP contribution in [-0.2, 0) is 4.79 Å². The fraction of sp³-hybridized carbons (Fsp3) is 0.130. The molecule has 0 fully saturated rings. The Hall–Kier alpha value is -3.11. The van der Waals surface area contributed by atoms with Crippen LogP contribution in [0.3, 0.4) is 0 Å². The highest BCUT2D eigenvalue weighted by atomic mass is 35.5. The molecule has 0 aliphatic heterocycles. The molecule has 0 aliphatic rings. The Morgan fingerprint density at radius 2 is 1.54 bits per heavy atom. The molecule has 0 aromatic heterocycles. The van der Waals surface area contributed by atoms with Gasteiger partial charge in [0.2, 0.25) is 5.91 Å². The van der Waals surface area contributed by atoms with Gasteiger partial charge in [-0.25, -0.2) is 0 Å². The maximum Gasteiger partial charge on any atom is 0.253 e. The van der Waals surface area contributed by atoms with E-state index >= 15 is 0 Å². The fourth-order valence-corrected chi connectivity index (χ4v) is 3.14. The lowest BCUT2D eigenvalue weighted by molar-refractivity contribution is -0.116. The predicted molar refractivity (Wildman–Crippen MR) is 113 cm³/mol. The molecule has 0 saturated heterocycles. The normalized spacial score (nSPS) is 11.5. The van der Waals surface area contributed by atoms with Crippen LogP contribution in [0, 0.1) is 6.92 Å². The summed E-state index contributed by atoms with van der Waals surface area (Å²) in [5.74, 6) is -0.495. The highest BCUT2D eigenvalue weighted by molar-refractivity contribution is 6.33. The Kier molecular flexibility index (Phi) is 6.45. The van der Waals surface area contributed by atoms with Crippen molar-refractivity contribution < 1.29 is 9.59 Å². The Bertz CT molecular complexity index is 973. The summed E-state index contributed by atoms with van der Waals surface area (Å²) in [6.07, 6.45) is 0.106. The minimum atomic E-state index is -0.478. The number of halogens is 1. The number of rotatable bonds is 6. The Morgan fingerprint density at radius 1 is 0.893 bits per heavy atom. The highest BCUT2D eigenvalue weighted by Gasteiger charge is 2.20. The Morgan fingerprint density at radius 3 is 2.25 bits per heavy atom. The van der Waals surface area contributed by atoms with Gasteiger partial charge in [-0.1, -0.05) is 72.3 Å². The second kappa shape index (κ2) is 9.20. The number of hydrogen-bond acceptors (Lipinski definition) is 2. The van der Waals surface area contributed by atoms with Crippen molar-refractivity contribution in [1.29, 1.82) is 0 Å². The summed E-state index contributed by atoms with van der Waals surface area (Å²) in [5.41, 5.74) is 2.97. The zero-order valence-corrected chi connectivity index (χ0v) is 16.2. The second-order valence-corrected chi connectivity index (χ2v) is 6.89. The van der Waals surface area contributed by atoms with Gasteiger partial charge in [-0.05, 0) is 36.2 Å². The number of nitrogens with one attached hydrogen (secondary N) is 2. The minimum Gasteiger partial charge on any atom is -0.345 e. The van der Waals surface area contributed by atoms with Gasteiger partial charge in [-0.3, -0.25) is 9.59 Å². The minimum absolute atomic E-state index is 0.106. The predicted octanol–water partition coefficient (Wildman–Crippen LogP) is 5.15. The van der Waals surface area contributed by atoms with E-state index in [0.717, 1.165) is 16.8 Å². The number of para-hydroxylation sites is 1. The van der Waals surface area contributed by atoms with Crippen LogP contribution in [0.1, 0.15) is 33.9 Å². The van der Waals surface area contributed by atoms with E-state index in [9.17, 15) is 9.59 Å². The van der Waals surface area contributed by atoms with Crippen molar-refractivity contribution in [3.63, 3.8) is 0 Å². The second-order valence-electron chi connectivity index (χ2n) is 6.48. The summed E-state index contributed by atoms with van der Waals surface area (Å²) in [7, 11) is 0. The molecule has 142 valence electrons. The van der Waals surface area contributed by atoms with Gasteiger partial charge in [-0.15, -0.1) is 0 Å². The lowest BCUT2D eigenvalue weighted by atomic mass is 10.0. The van der Waals surface area contributed by atoms with E-state index in [2.05, 4.69) is 10.6 Å². The molecule has 0 heterocycles. The van der Waals surface area contributed by atoms with E-state index < -0.39 is 6.04 Å². The van der Waals surface area contributed by atoms with Crippen molar-refractivity contribution in [2.75, 3.05) is 5.32 Å². The number of aryl methyl sites for hydroxylation is 1. The van der Waals surface area contributed by atoms with Gasteiger partial charge in [0, 0.05) is 5.69 Å². The smallest absolute Gasteiger partial charge is 0.253 e. The quantitative estimate of drug-likeness (QED) is 0.609. The van der Waals surface area contributed by atoms with Crippen molar-refractivity contribution in [3.8, 4) is 0 Å². The molecule has 4 nitrogen and oxygen atoms in total. The number of amides is 2. The standard InChI is InChI=1S/C23H21ClN2O2/c1-16-9-5-8-14-20(16)25-22(27)15-21(17-10-3-2-4-11-17)26-23(28)18-12-6-7-13-19(18)24/h2-14,21H,15H2,1H3,(H,25,27)(H,26,28)/t21-/m1/s1. The molecule has 0 radical (unpaired) electrons. The fourth-order valence-electron chi connectivity index (χ4n) is 2.92. The van der Waals surface area contributed by atoms with Crippen molar-refractivity contribution in [2.24, 2.45) is 0 Å². The summed E-state index contributed by atoms with van der Waals surface area (Å²) >= 11 is 6.14. The van der Waals surface area contributed by atoms with Gasteiger partial charge in [0.15, 0.2) is 0 Å². The molecule has 0 spiro atoms. The summed E-state index contributed by atoms with van der Waals surface area (Å²) < 4.78 is 0. The maximum absolute atomic E-state index is 12.7. The van der Waals surface area contributed by atoms with Crippen LogP contribution >= 0.6 is 11.6 Å². The molecule has 28 heavy (non-hydrogen) atoms. The van der Waals surface area contributed by atoms with E-state index in [-0.39, 0.29) is 18.2 Å². The molecule has 0 unspecified atom stereocenters. The molecular weight excluding hydrogens is 372 g/mol. The molecule has 2 amide bonds. The summed E-state index contributed by atoms with van der Waals surface area (Å²) in [5, 5.41) is 6.23. The monoisotopic (exact) mass is 392 g/mol. The van der Waals surface area contributed by atoms with E-state index in [1.165, 1.54) is 0 Å². The first-order valence-electron chi connectivity index (χ1n) is 9.00. The first-order valence-corrected chi connectivity index (χ1v) is 9.38. The number of carbonyl (C=O) groups is 2. The van der Waals surface area contributed by atoms with Gasteiger partial charge >= 0.3 is 0 Å². The molecule has 3 rings (SSSR count). The van der Waals surface area contributed by atoms with Crippen LogP contribution < -0.4 is 10.6 Å². The molecule has 3 aromatic rings. The van der Waals surface area contributed by atoms with Crippen LogP contribution in [0.2, 0.25) is 5.02 Å². The van der Waals surface area contributed by atoms with Crippen molar-refractivity contribution >= 4 is 29.1 Å². The Labute approximate surface area is 169 Å². The SMILES string of the molecule is Cc1ccccc1NC(=O)C[C@@H](NC(=O)c1ccccc1Cl)c1ccccc1. The molecule has 0 bridgehead atoms. The topological polar surface area (TPSA) is 58.2 Å². The van der Waals surface area contributed by atoms with Gasteiger partial charge in [0.1, 0.15) is 0 Å². The zero-order valence-electron chi connectivity index (χ0n) is 15.5. The number of anilines is 1. The summed E-state index contributed by atoms with van der Waals surface area (Å²) in [6.45, 7) is 1.93. The van der Waals surface area contributed by atoms with Crippen LogP contribution in [0.25, 0.3) is 0 Å². The van der Waals surface area contributed by atoms with Crippen molar-refractivity contribution in [3.05, 3.63) is 101 Å². The van der Waals surface area contributed by atoms with Crippen molar-refractivity contribution in [2.45, 2.75) is 19.4 Å². The number of hydrogen-bond donors (Lipinski definition) is 2. The van der Waals surface area contributed by atoms with Crippen molar-refractivity contribution in [1.82, 2.24) is 5.32 Å². The third-order valence-electron chi connectivity index (χ3n) is 4.43. The molecule has 3 aromatic carbocycles. The van der Waals surface area contributed by atoms with E-state index in [1.807, 2.05) is 61.5 Å². The van der Waals surface area contributed by atoms with Crippen LogP contribution in [0.5, 0.6) is 0 Å². The average Bonchev–Trinajstić information content (AvgIpc) is 2.70. The zero-order chi connectivity index (χ0) is 19.9. The lowest BCUT2D eigenvalue weighted by Gasteiger charge is -2.20. The third kappa shape index (κ3) is 4.99. The molecular formula is C23H21ClN2O2. The lowest BCUT2D eigenvalue weighted by Crippen LogP contribution is -2.31. The average molecular weight is 393 g/mol. The summed E-state index contributed by atoms with van der Waals surface area (Å²) in [4.78, 5) is 25.4. The molecule has 5 heteroatoms. The summed E-state index contributed by atoms with van der Waals surface area (Å²) in [6, 6.07) is 23.4. The first kappa shape index (κ1) is 19.6.